The summed E-state index contributed by atoms with van der Waals surface area (Å²) < 4.78 is 0. The molecule has 0 rings (SSSR count). The molecular weight excluding hydrogens is 170 g/mol. The van der Waals surface area contributed by atoms with Gasteiger partial charge in [0.1, 0.15) is 0 Å². The first-order chi connectivity index (χ1) is 6.35. The summed E-state index contributed by atoms with van der Waals surface area (Å²) >= 11 is 0. The van der Waals surface area contributed by atoms with E-state index in [1.54, 1.807) is 0 Å². The molecule has 0 spiro atoms. The molecule has 86 valence electrons. The van der Waals surface area contributed by atoms with Crippen LogP contribution in [0.2, 0.25) is 0 Å². The van der Waals surface area contributed by atoms with E-state index in [1.807, 2.05) is 0 Å². The van der Waals surface area contributed by atoms with Crippen LogP contribution in [0.4, 0.5) is 0 Å². The van der Waals surface area contributed by atoms with Crippen molar-refractivity contribution in [1.29, 1.82) is 0 Å². The Morgan fingerprint density at radius 3 is 2.00 bits per heavy atom. The second kappa shape index (κ2) is 6.44. The average molecular weight is 199 g/mol. The lowest BCUT2D eigenvalue weighted by Gasteiger charge is -2.25. The third-order valence-corrected chi connectivity index (χ3v) is 2.65. The van der Waals surface area contributed by atoms with Gasteiger partial charge in [-0.2, -0.15) is 0 Å². The second-order valence-electron chi connectivity index (χ2n) is 5.88. The van der Waals surface area contributed by atoms with Gasteiger partial charge in [0, 0.05) is 5.54 Å². The molecule has 0 bridgehead atoms. The molecule has 0 aromatic carbocycles. The number of rotatable bonds is 6. The van der Waals surface area contributed by atoms with Crippen LogP contribution in [0.5, 0.6) is 0 Å². The van der Waals surface area contributed by atoms with Gasteiger partial charge in [-0.15, -0.1) is 0 Å². The van der Waals surface area contributed by atoms with Crippen LogP contribution in [-0.2, 0) is 0 Å². The predicted molar refractivity (Wildman–Crippen MR) is 65.6 cm³/mol. The van der Waals surface area contributed by atoms with Crippen molar-refractivity contribution in [3.8, 4) is 0 Å². The summed E-state index contributed by atoms with van der Waals surface area (Å²) in [5.41, 5.74) is 0.269. The van der Waals surface area contributed by atoms with E-state index in [1.165, 1.54) is 25.8 Å². The molecule has 1 unspecified atom stereocenters. The lowest BCUT2D eigenvalue weighted by Crippen LogP contribution is -2.39. The van der Waals surface area contributed by atoms with Crippen LogP contribution in [0.1, 0.15) is 60.8 Å². The molecule has 0 radical (unpaired) electrons. The first kappa shape index (κ1) is 14.0. The van der Waals surface area contributed by atoms with Crippen LogP contribution >= 0.6 is 0 Å². The summed E-state index contributed by atoms with van der Waals surface area (Å²) in [7, 11) is 0. The highest BCUT2D eigenvalue weighted by atomic mass is 14.9. The maximum absolute atomic E-state index is 3.60. The first-order valence-corrected chi connectivity index (χ1v) is 6.10. The van der Waals surface area contributed by atoms with E-state index >= 15 is 0 Å². The highest BCUT2D eigenvalue weighted by molar-refractivity contribution is 4.73. The summed E-state index contributed by atoms with van der Waals surface area (Å²) in [5, 5.41) is 3.60. The van der Waals surface area contributed by atoms with Crippen LogP contribution < -0.4 is 5.32 Å². The Hall–Kier alpha value is -0.0400. The third kappa shape index (κ3) is 8.55. The largest absolute Gasteiger partial charge is 0.312 e. The molecule has 0 fully saturated rings. The van der Waals surface area contributed by atoms with E-state index in [4.69, 9.17) is 0 Å². The van der Waals surface area contributed by atoms with Gasteiger partial charge in [0.25, 0.3) is 0 Å². The zero-order chi connectivity index (χ0) is 11.2. The van der Waals surface area contributed by atoms with E-state index in [0.717, 1.165) is 11.8 Å². The third-order valence-electron chi connectivity index (χ3n) is 2.65. The molecule has 14 heavy (non-hydrogen) atoms. The summed E-state index contributed by atoms with van der Waals surface area (Å²) in [6, 6.07) is 0. The Morgan fingerprint density at radius 1 is 1.07 bits per heavy atom. The molecule has 0 aliphatic heterocycles. The van der Waals surface area contributed by atoms with Gasteiger partial charge in [0.2, 0.25) is 0 Å². The minimum Gasteiger partial charge on any atom is -0.312 e. The molecule has 0 aromatic heterocycles. The number of hydrogen-bond donors (Lipinski definition) is 1. The topological polar surface area (TPSA) is 12.0 Å². The van der Waals surface area contributed by atoms with Crippen molar-refractivity contribution >= 4 is 0 Å². The number of hydrogen-bond acceptors (Lipinski definition) is 1. The Kier molecular flexibility index (Phi) is 6.43. The molecule has 0 saturated carbocycles. The fourth-order valence-electron chi connectivity index (χ4n) is 1.47. The van der Waals surface area contributed by atoms with E-state index in [-0.39, 0.29) is 5.54 Å². The maximum Gasteiger partial charge on any atom is 0.00966 e. The SMILES string of the molecule is CCC(CCC(C)C)CNC(C)(C)C. The van der Waals surface area contributed by atoms with Crippen LogP contribution in [-0.4, -0.2) is 12.1 Å². The predicted octanol–water partition coefficient (Wildman–Crippen LogP) is 3.84. The molecule has 0 amide bonds. The van der Waals surface area contributed by atoms with Gasteiger partial charge >= 0.3 is 0 Å². The van der Waals surface area contributed by atoms with Crippen molar-refractivity contribution in [1.82, 2.24) is 5.32 Å². The highest BCUT2D eigenvalue weighted by Gasteiger charge is 2.13. The molecular formula is C13H29N. The fourth-order valence-corrected chi connectivity index (χ4v) is 1.47. The van der Waals surface area contributed by atoms with Crippen molar-refractivity contribution in [3.05, 3.63) is 0 Å². The van der Waals surface area contributed by atoms with E-state index in [0.29, 0.717) is 0 Å². The van der Waals surface area contributed by atoms with Gasteiger partial charge in [-0.1, -0.05) is 33.6 Å². The molecule has 1 N–H and O–H groups in total. The van der Waals surface area contributed by atoms with Gasteiger partial charge in [-0.3, -0.25) is 0 Å². The Morgan fingerprint density at radius 2 is 1.64 bits per heavy atom. The standard InChI is InChI=1S/C13H29N/c1-7-12(9-8-11(2)3)10-14-13(4,5)6/h11-12,14H,7-10H2,1-6H3. The minimum absolute atomic E-state index is 0.269. The van der Waals surface area contributed by atoms with E-state index in [2.05, 4.69) is 46.9 Å². The Balaban J connectivity index is 3.69. The van der Waals surface area contributed by atoms with Gasteiger partial charge < -0.3 is 5.32 Å². The smallest absolute Gasteiger partial charge is 0.00966 e. The summed E-state index contributed by atoms with van der Waals surface area (Å²) in [4.78, 5) is 0. The minimum atomic E-state index is 0.269. The zero-order valence-electron chi connectivity index (χ0n) is 11.0. The zero-order valence-corrected chi connectivity index (χ0v) is 11.0. The van der Waals surface area contributed by atoms with E-state index < -0.39 is 0 Å². The summed E-state index contributed by atoms with van der Waals surface area (Å²) in [5.74, 6) is 1.70. The van der Waals surface area contributed by atoms with Crippen LogP contribution in [0.25, 0.3) is 0 Å². The normalized spacial score (nSPS) is 14.8. The first-order valence-electron chi connectivity index (χ1n) is 6.10. The van der Waals surface area contributed by atoms with Crippen molar-refractivity contribution in [2.24, 2.45) is 11.8 Å². The molecule has 0 aromatic rings. The van der Waals surface area contributed by atoms with E-state index in [9.17, 15) is 0 Å². The molecule has 0 heterocycles. The fraction of sp³-hybridized carbons (Fsp3) is 1.00. The molecule has 0 saturated heterocycles. The van der Waals surface area contributed by atoms with Crippen LogP contribution in [0.15, 0.2) is 0 Å². The monoisotopic (exact) mass is 199 g/mol. The molecule has 1 atom stereocenters. The average Bonchev–Trinajstić information content (AvgIpc) is 2.02. The number of nitrogens with one attached hydrogen (secondary N) is 1. The Bertz CT molecular complexity index is 133. The molecule has 0 aliphatic carbocycles. The van der Waals surface area contributed by atoms with Gasteiger partial charge in [0.05, 0.1) is 0 Å². The van der Waals surface area contributed by atoms with Crippen molar-refractivity contribution in [2.75, 3.05) is 6.54 Å². The molecule has 0 aliphatic rings. The highest BCUT2D eigenvalue weighted by Crippen LogP contribution is 2.15. The lowest BCUT2D eigenvalue weighted by atomic mass is 9.95. The summed E-state index contributed by atoms with van der Waals surface area (Å²) in [6.07, 6.45) is 4.04. The van der Waals surface area contributed by atoms with Gasteiger partial charge in [-0.05, 0) is 45.6 Å². The summed E-state index contributed by atoms with van der Waals surface area (Å²) in [6.45, 7) is 14.8. The van der Waals surface area contributed by atoms with Crippen molar-refractivity contribution in [3.63, 3.8) is 0 Å². The van der Waals surface area contributed by atoms with Crippen LogP contribution in [0, 0.1) is 11.8 Å². The maximum atomic E-state index is 3.60. The van der Waals surface area contributed by atoms with Crippen molar-refractivity contribution in [2.45, 2.75) is 66.3 Å². The molecule has 1 heteroatoms. The lowest BCUT2D eigenvalue weighted by molar-refractivity contribution is 0.336. The van der Waals surface area contributed by atoms with Gasteiger partial charge in [0.15, 0.2) is 0 Å². The van der Waals surface area contributed by atoms with Crippen molar-refractivity contribution < 1.29 is 0 Å². The second-order valence-corrected chi connectivity index (χ2v) is 5.88. The van der Waals surface area contributed by atoms with Gasteiger partial charge in [-0.25, -0.2) is 0 Å². The van der Waals surface area contributed by atoms with Crippen LogP contribution in [0.3, 0.4) is 0 Å². The molecule has 1 nitrogen and oxygen atoms in total. The quantitative estimate of drug-likeness (QED) is 0.685. The Labute approximate surface area is 90.7 Å².